The topological polar surface area (TPSA) is 0 Å². The van der Waals surface area contributed by atoms with E-state index in [1.165, 1.54) is 32.1 Å². The molecule has 80 valence electrons. The highest BCUT2D eigenvalue weighted by Crippen LogP contribution is 2.25. The van der Waals surface area contributed by atoms with E-state index < -0.39 is 8.07 Å². The Morgan fingerprint density at radius 3 is 2.21 bits per heavy atom. The smallest absolute Gasteiger partial charge is 0.0702 e. The lowest BCUT2D eigenvalue weighted by Crippen LogP contribution is -2.19. The Bertz CT molecular complexity index is 238. The maximum atomic E-state index is 2.52. The van der Waals surface area contributed by atoms with Crippen LogP contribution >= 0.6 is 22.6 Å². The van der Waals surface area contributed by atoms with Crippen molar-refractivity contribution in [3.8, 4) is 0 Å². The predicted molar refractivity (Wildman–Crippen MR) is 76.6 cm³/mol. The van der Waals surface area contributed by atoms with Crippen LogP contribution in [0.5, 0.6) is 0 Å². The van der Waals surface area contributed by atoms with Gasteiger partial charge in [0.1, 0.15) is 0 Å². The first-order valence-corrected chi connectivity index (χ1v) is 10.1. The fourth-order valence-electron chi connectivity index (χ4n) is 1.61. The minimum absolute atomic E-state index is 1.04. The maximum absolute atomic E-state index is 2.52. The molecule has 0 aromatic heterocycles. The largest absolute Gasteiger partial charge is 0.0854 e. The molecule has 1 aliphatic carbocycles. The van der Waals surface area contributed by atoms with Gasteiger partial charge in [0.05, 0.1) is 8.07 Å². The third kappa shape index (κ3) is 4.30. The molecule has 1 rings (SSSR count). The highest BCUT2D eigenvalue weighted by atomic mass is 127. The standard InChI is InChI=1S/C12H21ISi/c1-14(2,3)12(13)10-9-11-7-5-4-6-8-11/h9-10H,4-8H2,1-3H3/b12-10+. The molecule has 0 unspecified atom stereocenters. The van der Waals surface area contributed by atoms with Crippen LogP contribution < -0.4 is 0 Å². The first-order chi connectivity index (χ1) is 6.50. The Labute approximate surface area is 103 Å². The van der Waals surface area contributed by atoms with Gasteiger partial charge in [-0.05, 0) is 28.9 Å². The van der Waals surface area contributed by atoms with Gasteiger partial charge < -0.3 is 0 Å². The lowest BCUT2D eigenvalue weighted by molar-refractivity contribution is 0.599. The lowest BCUT2D eigenvalue weighted by Gasteiger charge is -2.16. The van der Waals surface area contributed by atoms with Gasteiger partial charge in [0.2, 0.25) is 0 Å². The summed E-state index contributed by atoms with van der Waals surface area (Å²) in [5.74, 6) is 0. The van der Waals surface area contributed by atoms with E-state index in [1.807, 2.05) is 0 Å². The summed E-state index contributed by atoms with van der Waals surface area (Å²) in [5, 5.41) is 0. The zero-order chi connectivity index (χ0) is 10.6. The number of halogens is 1. The van der Waals surface area contributed by atoms with E-state index in [0.29, 0.717) is 0 Å². The summed E-state index contributed by atoms with van der Waals surface area (Å²) in [4.78, 5) is 0. The third-order valence-corrected chi connectivity index (χ3v) is 9.49. The molecule has 0 spiro atoms. The summed E-state index contributed by atoms with van der Waals surface area (Å²) in [6.07, 6.45) is 11.7. The van der Waals surface area contributed by atoms with Crippen molar-refractivity contribution in [2.75, 3.05) is 0 Å². The maximum Gasteiger partial charge on any atom is 0.0854 e. The molecule has 0 heterocycles. The van der Waals surface area contributed by atoms with Gasteiger partial charge in [-0.2, -0.15) is 0 Å². The van der Waals surface area contributed by atoms with E-state index in [0.717, 1.165) is 0 Å². The van der Waals surface area contributed by atoms with E-state index in [4.69, 9.17) is 0 Å². The highest BCUT2D eigenvalue weighted by molar-refractivity contribution is 14.1. The van der Waals surface area contributed by atoms with E-state index >= 15 is 0 Å². The highest BCUT2D eigenvalue weighted by Gasteiger charge is 2.16. The van der Waals surface area contributed by atoms with E-state index in [9.17, 15) is 0 Å². The molecular formula is C12H21ISi. The van der Waals surface area contributed by atoms with Crippen molar-refractivity contribution in [2.24, 2.45) is 0 Å². The van der Waals surface area contributed by atoms with Gasteiger partial charge in [0.15, 0.2) is 0 Å². The van der Waals surface area contributed by atoms with Crippen molar-refractivity contribution in [3.63, 3.8) is 0 Å². The SMILES string of the molecule is C[Si](C)(C)/C(I)=C/C=C1CCCCC1. The van der Waals surface area contributed by atoms with Crippen molar-refractivity contribution >= 4 is 30.7 Å². The van der Waals surface area contributed by atoms with Crippen molar-refractivity contribution in [2.45, 2.75) is 51.7 Å². The normalized spacial score (nSPS) is 19.7. The molecule has 0 radical (unpaired) electrons. The summed E-state index contributed by atoms with van der Waals surface area (Å²) >= 11 is 2.52. The van der Waals surface area contributed by atoms with Gasteiger partial charge in [0, 0.05) is 0 Å². The second-order valence-corrected chi connectivity index (χ2v) is 12.4. The molecule has 0 atom stereocenters. The van der Waals surface area contributed by atoms with Gasteiger partial charge in [-0.25, -0.2) is 0 Å². The van der Waals surface area contributed by atoms with Gasteiger partial charge in [-0.3, -0.25) is 0 Å². The van der Waals surface area contributed by atoms with Gasteiger partial charge >= 0.3 is 0 Å². The Morgan fingerprint density at radius 1 is 1.14 bits per heavy atom. The van der Waals surface area contributed by atoms with E-state index in [2.05, 4.69) is 54.4 Å². The summed E-state index contributed by atoms with van der Waals surface area (Å²) in [5.41, 5.74) is 1.67. The summed E-state index contributed by atoms with van der Waals surface area (Å²) < 4.78 is 1.59. The van der Waals surface area contributed by atoms with Crippen LogP contribution in [0.2, 0.25) is 19.6 Å². The summed E-state index contributed by atoms with van der Waals surface area (Å²) in [6, 6.07) is 0. The number of hydrogen-bond donors (Lipinski definition) is 0. The number of allylic oxidation sites excluding steroid dienone is 3. The minimum atomic E-state index is -1.04. The van der Waals surface area contributed by atoms with E-state index in [-0.39, 0.29) is 0 Å². The van der Waals surface area contributed by atoms with Crippen LogP contribution in [-0.2, 0) is 0 Å². The minimum Gasteiger partial charge on any atom is -0.0702 e. The molecule has 14 heavy (non-hydrogen) atoms. The molecule has 1 aliphatic rings. The average Bonchev–Trinajstić information content (AvgIpc) is 2.14. The first-order valence-electron chi connectivity index (χ1n) is 5.56. The van der Waals surface area contributed by atoms with Crippen molar-refractivity contribution < 1.29 is 0 Å². The molecule has 0 aliphatic heterocycles. The molecule has 0 aromatic carbocycles. The van der Waals surface area contributed by atoms with Crippen LogP contribution in [0.25, 0.3) is 0 Å². The first kappa shape index (κ1) is 12.5. The van der Waals surface area contributed by atoms with Gasteiger partial charge in [-0.1, -0.05) is 66.4 Å². The zero-order valence-corrected chi connectivity index (χ0v) is 12.7. The van der Waals surface area contributed by atoms with Crippen molar-refractivity contribution in [3.05, 3.63) is 20.9 Å². The third-order valence-electron chi connectivity index (χ3n) is 2.68. The second kappa shape index (κ2) is 5.49. The fourth-order valence-corrected chi connectivity index (χ4v) is 2.38. The molecule has 0 aromatic rings. The molecule has 0 nitrogen and oxygen atoms in total. The van der Waals surface area contributed by atoms with Crippen molar-refractivity contribution in [1.82, 2.24) is 0 Å². The molecule has 0 bridgehead atoms. The van der Waals surface area contributed by atoms with Crippen LogP contribution in [0.4, 0.5) is 0 Å². The quantitative estimate of drug-likeness (QED) is 0.492. The monoisotopic (exact) mass is 320 g/mol. The number of rotatable bonds is 2. The molecule has 0 amide bonds. The molecular weight excluding hydrogens is 299 g/mol. The van der Waals surface area contributed by atoms with Crippen LogP contribution in [0.3, 0.4) is 0 Å². The van der Waals surface area contributed by atoms with Crippen LogP contribution in [0.15, 0.2) is 20.9 Å². The fraction of sp³-hybridized carbons (Fsp3) is 0.667. The number of hydrogen-bond acceptors (Lipinski definition) is 0. The van der Waals surface area contributed by atoms with Crippen LogP contribution in [0.1, 0.15) is 32.1 Å². The Hall–Kier alpha value is 0.427. The van der Waals surface area contributed by atoms with E-state index in [1.54, 1.807) is 8.78 Å². The molecule has 1 saturated carbocycles. The molecule has 0 saturated heterocycles. The molecule has 1 fully saturated rings. The van der Waals surface area contributed by atoms with Gasteiger partial charge in [-0.15, -0.1) is 0 Å². The predicted octanol–water partition coefficient (Wildman–Crippen LogP) is 5.07. The Kier molecular flexibility index (Phi) is 4.90. The second-order valence-electron chi connectivity index (χ2n) is 5.15. The van der Waals surface area contributed by atoms with Crippen LogP contribution in [-0.4, -0.2) is 8.07 Å². The Balaban J connectivity index is 2.59. The zero-order valence-electron chi connectivity index (χ0n) is 9.57. The summed E-state index contributed by atoms with van der Waals surface area (Å²) in [6.45, 7) is 7.22. The average molecular weight is 320 g/mol. The van der Waals surface area contributed by atoms with Crippen molar-refractivity contribution in [1.29, 1.82) is 0 Å². The lowest BCUT2D eigenvalue weighted by atomic mass is 9.95. The van der Waals surface area contributed by atoms with Gasteiger partial charge in [0.25, 0.3) is 0 Å². The Morgan fingerprint density at radius 2 is 1.71 bits per heavy atom. The van der Waals surface area contributed by atoms with Crippen LogP contribution in [0, 0.1) is 0 Å². The molecule has 2 heteroatoms. The molecule has 0 N–H and O–H groups in total. The summed E-state index contributed by atoms with van der Waals surface area (Å²) in [7, 11) is -1.04.